The maximum Gasteiger partial charge on any atom is 0.253 e. The molecule has 1 atom stereocenters. The number of hydrogen-bond acceptors (Lipinski definition) is 2. The van der Waals surface area contributed by atoms with Crippen LogP contribution < -0.4 is 0 Å². The van der Waals surface area contributed by atoms with Gasteiger partial charge in [0, 0.05) is 19.2 Å². The molecule has 26 heavy (non-hydrogen) atoms. The molecule has 0 aliphatic carbocycles. The molecular weight excluding hydrogens is 391 g/mol. The van der Waals surface area contributed by atoms with Gasteiger partial charge in [-0.15, -0.1) is 12.4 Å². The monoisotopic (exact) mass is 412 g/mol. The Balaban J connectivity index is 0.00000243. The van der Waals surface area contributed by atoms with Crippen LogP contribution in [-0.4, -0.2) is 42.4 Å². The fourth-order valence-corrected chi connectivity index (χ4v) is 3.65. The maximum absolute atomic E-state index is 12.7. The molecule has 0 N–H and O–H groups in total. The Morgan fingerprint density at radius 1 is 1.08 bits per heavy atom. The van der Waals surface area contributed by atoms with Crippen LogP contribution in [0.3, 0.4) is 0 Å². The lowest BCUT2D eigenvalue weighted by Gasteiger charge is -2.32. The molecule has 0 saturated carbocycles. The highest BCUT2D eigenvalue weighted by atomic mass is 35.5. The Morgan fingerprint density at radius 2 is 1.73 bits per heavy atom. The summed E-state index contributed by atoms with van der Waals surface area (Å²) in [5, 5.41) is 1.11. The molecule has 3 nitrogen and oxygen atoms in total. The molecule has 0 radical (unpaired) electrons. The Labute approximate surface area is 171 Å². The first kappa shape index (κ1) is 21.0. The van der Waals surface area contributed by atoms with Crippen LogP contribution in [0, 0.1) is 0 Å². The number of likely N-dealkylation sites (tertiary alicyclic amines) is 1. The van der Waals surface area contributed by atoms with Crippen LogP contribution in [0.5, 0.6) is 0 Å². The second-order valence-electron chi connectivity index (χ2n) is 6.48. The topological polar surface area (TPSA) is 23.6 Å². The van der Waals surface area contributed by atoms with Crippen molar-refractivity contribution >= 4 is 41.5 Å². The zero-order chi connectivity index (χ0) is 17.8. The molecule has 2 aromatic rings. The summed E-state index contributed by atoms with van der Waals surface area (Å²) in [6.45, 7) is 2.70. The lowest BCUT2D eigenvalue weighted by molar-refractivity contribution is 0.0743. The highest BCUT2D eigenvalue weighted by Crippen LogP contribution is 2.31. The van der Waals surface area contributed by atoms with Crippen LogP contribution >= 0.6 is 35.6 Å². The van der Waals surface area contributed by atoms with Crippen LogP contribution in [0.25, 0.3) is 0 Å². The summed E-state index contributed by atoms with van der Waals surface area (Å²) in [7, 11) is 1.86. The first-order valence-electron chi connectivity index (χ1n) is 8.56. The molecule has 0 bridgehead atoms. The van der Waals surface area contributed by atoms with Gasteiger partial charge in [0.15, 0.2) is 0 Å². The average molecular weight is 414 g/mol. The molecular formula is C20H23Cl3N2O. The third kappa shape index (κ3) is 4.92. The number of hydrogen-bond donors (Lipinski definition) is 0. The van der Waals surface area contributed by atoms with Crippen molar-refractivity contribution in [2.24, 2.45) is 0 Å². The lowest BCUT2D eigenvalue weighted by atomic mass is 10.0. The minimum absolute atomic E-state index is 0. The van der Waals surface area contributed by atoms with E-state index in [1.54, 1.807) is 4.90 Å². The van der Waals surface area contributed by atoms with Crippen molar-refractivity contribution in [3.8, 4) is 0 Å². The van der Waals surface area contributed by atoms with E-state index in [0.717, 1.165) is 18.7 Å². The molecule has 0 aromatic heterocycles. The molecule has 1 amide bonds. The van der Waals surface area contributed by atoms with E-state index in [1.165, 1.54) is 12.8 Å². The first-order chi connectivity index (χ1) is 12.1. The van der Waals surface area contributed by atoms with Crippen molar-refractivity contribution in [3.63, 3.8) is 0 Å². The van der Waals surface area contributed by atoms with E-state index >= 15 is 0 Å². The van der Waals surface area contributed by atoms with Gasteiger partial charge in [-0.25, -0.2) is 0 Å². The zero-order valence-corrected chi connectivity index (χ0v) is 17.0. The highest BCUT2D eigenvalue weighted by Gasteiger charge is 2.26. The van der Waals surface area contributed by atoms with Crippen LogP contribution in [0.1, 0.15) is 34.8 Å². The number of carbonyl (C=O) groups excluding carboxylic acids is 1. The average Bonchev–Trinajstić information content (AvgIpc) is 3.16. The van der Waals surface area contributed by atoms with Crippen molar-refractivity contribution in [2.75, 3.05) is 26.7 Å². The summed E-state index contributed by atoms with van der Waals surface area (Å²) >= 11 is 12.3. The second-order valence-corrected chi connectivity index (χ2v) is 7.30. The molecule has 1 saturated heterocycles. The summed E-state index contributed by atoms with van der Waals surface area (Å²) in [6, 6.07) is 15.3. The second kappa shape index (κ2) is 9.61. The quantitative estimate of drug-likeness (QED) is 0.662. The standard InChI is InChI=1S/C20H22Cl2N2O.ClH/c1-23(20(25)15-7-3-2-4-8-15)14-19(24-11-5-6-12-24)16-9-10-17(21)18(22)13-16;/h2-4,7-10,13,19H,5-6,11-12,14H2,1H3;1H. The van der Waals surface area contributed by atoms with Gasteiger partial charge in [0.1, 0.15) is 0 Å². The van der Waals surface area contributed by atoms with Gasteiger partial charge in [-0.05, 0) is 55.8 Å². The van der Waals surface area contributed by atoms with Gasteiger partial charge in [0.05, 0.1) is 16.1 Å². The number of likely N-dealkylation sites (N-methyl/N-ethyl adjacent to an activating group) is 1. The Kier molecular flexibility index (Phi) is 7.78. The number of carbonyl (C=O) groups is 1. The summed E-state index contributed by atoms with van der Waals surface area (Å²) in [4.78, 5) is 16.9. The van der Waals surface area contributed by atoms with Gasteiger partial charge in [-0.1, -0.05) is 47.5 Å². The molecule has 1 fully saturated rings. The van der Waals surface area contributed by atoms with E-state index < -0.39 is 0 Å². The Bertz CT molecular complexity index is 733. The number of nitrogens with zero attached hydrogens (tertiary/aromatic N) is 2. The number of rotatable bonds is 5. The van der Waals surface area contributed by atoms with E-state index in [-0.39, 0.29) is 24.4 Å². The van der Waals surface area contributed by atoms with Crippen molar-refractivity contribution in [2.45, 2.75) is 18.9 Å². The summed E-state index contributed by atoms with van der Waals surface area (Å²) in [5.74, 6) is 0.0323. The van der Waals surface area contributed by atoms with Gasteiger partial charge < -0.3 is 4.90 Å². The van der Waals surface area contributed by atoms with Gasteiger partial charge in [0.25, 0.3) is 5.91 Å². The largest absolute Gasteiger partial charge is 0.340 e. The van der Waals surface area contributed by atoms with Crippen LogP contribution in [0.15, 0.2) is 48.5 Å². The van der Waals surface area contributed by atoms with Gasteiger partial charge >= 0.3 is 0 Å². The molecule has 0 spiro atoms. The molecule has 1 heterocycles. The maximum atomic E-state index is 12.7. The van der Waals surface area contributed by atoms with E-state index in [1.807, 2.05) is 55.6 Å². The minimum atomic E-state index is 0. The van der Waals surface area contributed by atoms with Crippen LogP contribution in [0.4, 0.5) is 0 Å². The SMILES string of the molecule is CN(CC(c1ccc(Cl)c(Cl)c1)N1CCCC1)C(=O)c1ccccc1.Cl. The molecule has 140 valence electrons. The Hall–Kier alpha value is -1.26. The minimum Gasteiger partial charge on any atom is -0.340 e. The van der Waals surface area contributed by atoms with Crippen molar-refractivity contribution in [3.05, 3.63) is 69.7 Å². The van der Waals surface area contributed by atoms with Crippen molar-refractivity contribution < 1.29 is 4.79 Å². The fourth-order valence-electron chi connectivity index (χ4n) is 3.35. The van der Waals surface area contributed by atoms with Gasteiger partial charge in [0.2, 0.25) is 0 Å². The highest BCUT2D eigenvalue weighted by molar-refractivity contribution is 6.42. The lowest BCUT2D eigenvalue weighted by Crippen LogP contribution is -2.38. The van der Waals surface area contributed by atoms with Gasteiger partial charge in [-0.3, -0.25) is 9.69 Å². The first-order valence-corrected chi connectivity index (χ1v) is 9.31. The molecule has 1 aliphatic heterocycles. The predicted octanol–water partition coefficient (Wildman–Crippen LogP) is 5.32. The smallest absolute Gasteiger partial charge is 0.253 e. The normalized spacial score (nSPS) is 15.3. The summed E-state index contributed by atoms with van der Waals surface area (Å²) in [5.41, 5.74) is 1.81. The van der Waals surface area contributed by atoms with E-state index in [4.69, 9.17) is 23.2 Å². The Morgan fingerprint density at radius 3 is 2.35 bits per heavy atom. The van der Waals surface area contributed by atoms with Crippen molar-refractivity contribution in [1.82, 2.24) is 9.80 Å². The third-order valence-corrected chi connectivity index (χ3v) is 5.46. The molecule has 6 heteroatoms. The molecule has 1 unspecified atom stereocenters. The molecule has 3 rings (SSSR count). The van der Waals surface area contributed by atoms with E-state index in [0.29, 0.717) is 22.2 Å². The van der Waals surface area contributed by atoms with Crippen LogP contribution in [-0.2, 0) is 0 Å². The summed E-state index contributed by atoms with van der Waals surface area (Å²) in [6.07, 6.45) is 2.38. The fraction of sp³-hybridized carbons (Fsp3) is 0.350. The van der Waals surface area contributed by atoms with Gasteiger partial charge in [-0.2, -0.15) is 0 Å². The van der Waals surface area contributed by atoms with E-state index in [9.17, 15) is 4.79 Å². The molecule has 1 aliphatic rings. The number of amides is 1. The van der Waals surface area contributed by atoms with Crippen molar-refractivity contribution in [1.29, 1.82) is 0 Å². The number of benzene rings is 2. The van der Waals surface area contributed by atoms with E-state index in [2.05, 4.69) is 4.90 Å². The summed E-state index contributed by atoms with van der Waals surface area (Å²) < 4.78 is 0. The third-order valence-electron chi connectivity index (χ3n) is 4.72. The zero-order valence-electron chi connectivity index (χ0n) is 14.7. The number of halogens is 3. The predicted molar refractivity (Wildman–Crippen MR) is 111 cm³/mol. The molecule has 2 aromatic carbocycles. The van der Waals surface area contributed by atoms with Crippen LogP contribution in [0.2, 0.25) is 10.0 Å².